The van der Waals surface area contributed by atoms with E-state index in [2.05, 4.69) is 0 Å². The van der Waals surface area contributed by atoms with Crippen LogP contribution in [-0.4, -0.2) is 29.9 Å². The highest BCUT2D eigenvalue weighted by molar-refractivity contribution is 5.91. The monoisotopic (exact) mass is 278 g/mol. The van der Waals surface area contributed by atoms with Crippen LogP contribution < -0.4 is 10.6 Å². The predicted octanol–water partition coefficient (Wildman–Crippen LogP) is 1.98. The first-order valence-electron chi connectivity index (χ1n) is 6.84. The number of aliphatic hydroxyl groups excluding tert-OH is 1. The SMILES string of the molecule is CC(C)(C)OC(=O)N1CCc2cccc(C(O)CN)c21. The minimum atomic E-state index is -0.770. The minimum absolute atomic E-state index is 0.124. The van der Waals surface area contributed by atoms with E-state index in [4.69, 9.17) is 10.5 Å². The quantitative estimate of drug-likeness (QED) is 0.867. The van der Waals surface area contributed by atoms with E-state index in [-0.39, 0.29) is 12.6 Å². The molecule has 0 aromatic heterocycles. The van der Waals surface area contributed by atoms with Crippen LogP contribution in [0, 0.1) is 0 Å². The summed E-state index contributed by atoms with van der Waals surface area (Å²) in [5.74, 6) is 0. The molecule has 3 N–H and O–H groups in total. The van der Waals surface area contributed by atoms with Crippen LogP contribution in [0.3, 0.4) is 0 Å². The second kappa shape index (κ2) is 5.42. The van der Waals surface area contributed by atoms with E-state index in [1.807, 2.05) is 32.9 Å². The maximum Gasteiger partial charge on any atom is 0.414 e. The first-order chi connectivity index (χ1) is 9.33. The fraction of sp³-hybridized carbons (Fsp3) is 0.533. The molecule has 0 radical (unpaired) electrons. The standard InChI is InChI=1S/C15H22N2O3/c1-15(2,3)20-14(19)17-8-7-10-5-4-6-11(13(10)17)12(18)9-16/h4-6,12,18H,7-9,16H2,1-3H3. The molecule has 0 bridgehead atoms. The van der Waals surface area contributed by atoms with Gasteiger partial charge in [-0.25, -0.2) is 4.79 Å². The molecule has 1 aliphatic heterocycles. The Bertz CT molecular complexity index is 508. The first-order valence-corrected chi connectivity index (χ1v) is 6.84. The van der Waals surface area contributed by atoms with Crippen molar-refractivity contribution in [2.24, 2.45) is 5.73 Å². The van der Waals surface area contributed by atoms with Gasteiger partial charge in [-0.15, -0.1) is 0 Å². The Balaban J connectivity index is 2.34. The smallest absolute Gasteiger partial charge is 0.414 e. The molecule has 1 aliphatic rings. The molecule has 20 heavy (non-hydrogen) atoms. The van der Waals surface area contributed by atoms with Crippen molar-refractivity contribution >= 4 is 11.8 Å². The van der Waals surface area contributed by atoms with Crippen molar-refractivity contribution in [3.63, 3.8) is 0 Å². The summed E-state index contributed by atoms with van der Waals surface area (Å²) in [6.45, 7) is 6.20. The molecule has 1 aromatic carbocycles. The number of hydrogen-bond acceptors (Lipinski definition) is 4. The number of carbonyl (C=O) groups excluding carboxylic acids is 1. The van der Waals surface area contributed by atoms with Gasteiger partial charge in [-0.3, -0.25) is 4.90 Å². The third-order valence-electron chi connectivity index (χ3n) is 3.22. The fourth-order valence-corrected chi connectivity index (χ4v) is 2.38. The van der Waals surface area contributed by atoms with Crippen LogP contribution in [0.2, 0.25) is 0 Å². The number of anilines is 1. The van der Waals surface area contributed by atoms with Crippen LogP contribution >= 0.6 is 0 Å². The van der Waals surface area contributed by atoms with Gasteiger partial charge in [0.15, 0.2) is 0 Å². The molecule has 1 heterocycles. The lowest BCUT2D eigenvalue weighted by atomic mass is 10.0. The number of nitrogens with two attached hydrogens (primary N) is 1. The molecule has 1 atom stereocenters. The molecule has 1 aromatic rings. The van der Waals surface area contributed by atoms with E-state index in [9.17, 15) is 9.90 Å². The van der Waals surface area contributed by atoms with Gasteiger partial charge in [0.1, 0.15) is 5.60 Å². The number of amides is 1. The first kappa shape index (κ1) is 14.8. The molecule has 5 heteroatoms. The molecule has 1 unspecified atom stereocenters. The molecule has 1 amide bonds. The van der Waals surface area contributed by atoms with Gasteiger partial charge in [0, 0.05) is 18.7 Å². The Hall–Kier alpha value is -1.59. The molecule has 5 nitrogen and oxygen atoms in total. The number of para-hydroxylation sites is 1. The molecular weight excluding hydrogens is 256 g/mol. The molecule has 110 valence electrons. The molecule has 0 aliphatic carbocycles. The summed E-state index contributed by atoms with van der Waals surface area (Å²) in [6.07, 6.45) is -0.388. The third kappa shape index (κ3) is 2.94. The normalized spacial score (nSPS) is 15.9. The minimum Gasteiger partial charge on any atom is -0.443 e. The van der Waals surface area contributed by atoms with Crippen molar-refractivity contribution in [3.8, 4) is 0 Å². The van der Waals surface area contributed by atoms with Gasteiger partial charge < -0.3 is 15.6 Å². The van der Waals surface area contributed by atoms with Crippen molar-refractivity contribution in [1.29, 1.82) is 0 Å². The van der Waals surface area contributed by atoms with Crippen molar-refractivity contribution < 1.29 is 14.6 Å². The van der Waals surface area contributed by atoms with Gasteiger partial charge in [0.25, 0.3) is 0 Å². The maximum absolute atomic E-state index is 12.3. The van der Waals surface area contributed by atoms with E-state index in [1.165, 1.54) is 0 Å². The lowest BCUT2D eigenvalue weighted by Crippen LogP contribution is -2.36. The Kier molecular flexibility index (Phi) is 4.01. The van der Waals surface area contributed by atoms with Crippen molar-refractivity contribution in [2.75, 3.05) is 18.0 Å². The summed E-state index contributed by atoms with van der Waals surface area (Å²) in [5, 5.41) is 10.0. The van der Waals surface area contributed by atoms with Crippen molar-refractivity contribution in [1.82, 2.24) is 0 Å². The predicted molar refractivity (Wildman–Crippen MR) is 77.7 cm³/mol. The summed E-state index contributed by atoms with van der Waals surface area (Å²) in [5.41, 5.74) is 7.48. The zero-order valence-electron chi connectivity index (χ0n) is 12.2. The highest BCUT2D eigenvalue weighted by atomic mass is 16.6. The van der Waals surface area contributed by atoms with E-state index in [0.717, 1.165) is 17.7 Å². The number of fused-ring (bicyclic) bond motifs is 1. The van der Waals surface area contributed by atoms with Crippen LogP contribution in [0.5, 0.6) is 0 Å². The molecule has 2 rings (SSSR count). The van der Waals surface area contributed by atoms with Crippen LogP contribution in [0.25, 0.3) is 0 Å². The largest absolute Gasteiger partial charge is 0.443 e. The van der Waals surface area contributed by atoms with Gasteiger partial charge in [-0.1, -0.05) is 18.2 Å². The second-order valence-electron chi connectivity index (χ2n) is 5.99. The van der Waals surface area contributed by atoms with E-state index >= 15 is 0 Å². The number of nitrogens with zero attached hydrogens (tertiary/aromatic N) is 1. The Labute approximate surface area is 119 Å². The number of ether oxygens (including phenoxy) is 1. The Morgan fingerprint density at radius 2 is 2.20 bits per heavy atom. The lowest BCUT2D eigenvalue weighted by molar-refractivity contribution is 0.0583. The van der Waals surface area contributed by atoms with Crippen LogP contribution in [0.4, 0.5) is 10.5 Å². The molecule has 0 saturated heterocycles. The van der Waals surface area contributed by atoms with Crippen LogP contribution in [0.15, 0.2) is 18.2 Å². The summed E-state index contributed by atoms with van der Waals surface area (Å²) in [7, 11) is 0. The fourth-order valence-electron chi connectivity index (χ4n) is 2.38. The number of rotatable bonds is 2. The van der Waals surface area contributed by atoms with E-state index in [0.29, 0.717) is 12.1 Å². The summed E-state index contributed by atoms with van der Waals surface area (Å²) < 4.78 is 5.42. The third-order valence-corrected chi connectivity index (χ3v) is 3.22. The average Bonchev–Trinajstić information content (AvgIpc) is 2.79. The maximum atomic E-state index is 12.3. The number of carbonyl (C=O) groups is 1. The van der Waals surface area contributed by atoms with Crippen molar-refractivity contribution in [2.45, 2.75) is 38.9 Å². The summed E-state index contributed by atoms with van der Waals surface area (Å²) >= 11 is 0. The van der Waals surface area contributed by atoms with Gasteiger partial charge >= 0.3 is 6.09 Å². The Morgan fingerprint density at radius 3 is 2.80 bits per heavy atom. The molecule has 0 fully saturated rings. The van der Waals surface area contributed by atoms with Crippen molar-refractivity contribution in [3.05, 3.63) is 29.3 Å². The highest BCUT2D eigenvalue weighted by Crippen LogP contribution is 2.35. The molecule has 0 saturated carbocycles. The zero-order chi connectivity index (χ0) is 14.9. The Morgan fingerprint density at radius 1 is 1.50 bits per heavy atom. The van der Waals surface area contributed by atoms with Gasteiger partial charge in [-0.05, 0) is 32.8 Å². The number of benzene rings is 1. The van der Waals surface area contributed by atoms with E-state index < -0.39 is 11.7 Å². The van der Waals surface area contributed by atoms with Gasteiger partial charge in [0.05, 0.1) is 11.8 Å². The highest BCUT2D eigenvalue weighted by Gasteiger charge is 2.31. The number of hydrogen-bond donors (Lipinski definition) is 2. The van der Waals surface area contributed by atoms with Gasteiger partial charge in [0.2, 0.25) is 0 Å². The van der Waals surface area contributed by atoms with Gasteiger partial charge in [-0.2, -0.15) is 0 Å². The average molecular weight is 278 g/mol. The second-order valence-corrected chi connectivity index (χ2v) is 5.99. The molecular formula is C15H22N2O3. The van der Waals surface area contributed by atoms with E-state index in [1.54, 1.807) is 11.0 Å². The van der Waals surface area contributed by atoms with Crippen LogP contribution in [-0.2, 0) is 11.2 Å². The number of aliphatic hydroxyl groups is 1. The summed E-state index contributed by atoms with van der Waals surface area (Å²) in [4.78, 5) is 13.9. The topological polar surface area (TPSA) is 75.8 Å². The zero-order valence-corrected chi connectivity index (χ0v) is 12.2. The van der Waals surface area contributed by atoms with Crippen LogP contribution in [0.1, 0.15) is 38.0 Å². The summed E-state index contributed by atoms with van der Waals surface area (Å²) in [6, 6.07) is 5.65. The lowest BCUT2D eigenvalue weighted by Gasteiger charge is -2.26. The molecule has 0 spiro atoms.